The zero-order chi connectivity index (χ0) is 11.7. The highest BCUT2D eigenvalue weighted by Crippen LogP contribution is 2.22. The number of rotatable bonds is 2. The number of fused-ring (bicyclic) bond motifs is 1. The summed E-state index contributed by atoms with van der Waals surface area (Å²) < 4.78 is 0. The number of carbonyl (C=O) groups is 1. The Morgan fingerprint density at radius 2 is 2.25 bits per heavy atom. The standard InChI is InChI=1S/C9H8N4O3/c10-12-9(14)7-4-11-8-3-5(13(15)16)1-2-6(7)8/h1-4,11H,10H2,(H,12,14). The van der Waals surface area contributed by atoms with Crippen LogP contribution in [0.2, 0.25) is 0 Å². The van der Waals surface area contributed by atoms with Crippen LogP contribution in [0.15, 0.2) is 24.4 Å². The van der Waals surface area contributed by atoms with Crippen LogP contribution in [-0.2, 0) is 0 Å². The van der Waals surface area contributed by atoms with Gasteiger partial charge >= 0.3 is 0 Å². The summed E-state index contributed by atoms with van der Waals surface area (Å²) in [6.07, 6.45) is 1.45. The molecule has 0 saturated carbocycles. The topological polar surface area (TPSA) is 114 Å². The van der Waals surface area contributed by atoms with Crippen LogP contribution < -0.4 is 11.3 Å². The molecule has 1 heterocycles. The number of aromatic amines is 1. The number of nitro groups is 1. The molecule has 1 aromatic carbocycles. The van der Waals surface area contributed by atoms with Crippen molar-refractivity contribution in [2.75, 3.05) is 0 Å². The first kappa shape index (κ1) is 10.1. The highest BCUT2D eigenvalue weighted by atomic mass is 16.6. The maximum Gasteiger partial charge on any atom is 0.271 e. The summed E-state index contributed by atoms with van der Waals surface area (Å²) in [6.45, 7) is 0. The molecular formula is C9H8N4O3. The van der Waals surface area contributed by atoms with E-state index in [9.17, 15) is 14.9 Å². The van der Waals surface area contributed by atoms with Crippen molar-refractivity contribution in [1.29, 1.82) is 0 Å². The lowest BCUT2D eigenvalue weighted by Crippen LogP contribution is -2.29. The number of nitro benzene ring substituents is 1. The van der Waals surface area contributed by atoms with Gasteiger partial charge in [0, 0.05) is 23.7 Å². The first-order chi connectivity index (χ1) is 7.63. The molecule has 0 aliphatic carbocycles. The Bertz CT molecular complexity index is 575. The van der Waals surface area contributed by atoms with E-state index in [0.717, 1.165) is 0 Å². The third-order valence-corrected chi connectivity index (χ3v) is 2.25. The molecule has 0 aliphatic rings. The third kappa shape index (κ3) is 1.48. The van der Waals surface area contributed by atoms with Crippen LogP contribution in [0.5, 0.6) is 0 Å². The molecule has 16 heavy (non-hydrogen) atoms. The Kier molecular flexibility index (Phi) is 2.29. The van der Waals surface area contributed by atoms with Gasteiger partial charge in [-0.1, -0.05) is 0 Å². The van der Waals surface area contributed by atoms with Gasteiger partial charge in [0.1, 0.15) is 0 Å². The number of nitrogens with one attached hydrogen (secondary N) is 2. The molecule has 7 heteroatoms. The lowest BCUT2D eigenvalue weighted by Gasteiger charge is -1.96. The van der Waals surface area contributed by atoms with E-state index in [-0.39, 0.29) is 5.69 Å². The number of hydrogen-bond acceptors (Lipinski definition) is 4. The molecule has 0 unspecified atom stereocenters. The van der Waals surface area contributed by atoms with Crippen LogP contribution in [0.4, 0.5) is 5.69 Å². The van der Waals surface area contributed by atoms with E-state index in [4.69, 9.17) is 5.84 Å². The van der Waals surface area contributed by atoms with Crippen LogP contribution >= 0.6 is 0 Å². The van der Waals surface area contributed by atoms with Crippen molar-refractivity contribution in [1.82, 2.24) is 10.4 Å². The summed E-state index contributed by atoms with van der Waals surface area (Å²) >= 11 is 0. The number of non-ortho nitro benzene ring substituents is 1. The summed E-state index contributed by atoms with van der Waals surface area (Å²) in [5.74, 6) is 4.57. The van der Waals surface area contributed by atoms with Crippen molar-refractivity contribution in [3.63, 3.8) is 0 Å². The van der Waals surface area contributed by atoms with Gasteiger partial charge in [0.05, 0.1) is 16.0 Å². The van der Waals surface area contributed by atoms with Gasteiger partial charge in [-0.2, -0.15) is 0 Å². The summed E-state index contributed by atoms with van der Waals surface area (Å²) in [7, 11) is 0. The molecule has 0 bridgehead atoms. The highest BCUT2D eigenvalue weighted by Gasteiger charge is 2.13. The number of amides is 1. The second-order valence-electron chi connectivity index (χ2n) is 3.16. The lowest BCUT2D eigenvalue weighted by molar-refractivity contribution is -0.384. The molecule has 2 rings (SSSR count). The first-order valence-corrected chi connectivity index (χ1v) is 4.40. The summed E-state index contributed by atoms with van der Waals surface area (Å²) in [5, 5.41) is 11.1. The average molecular weight is 220 g/mol. The van der Waals surface area contributed by atoms with Gasteiger partial charge < -0.3 is 4.98 Å². The Hall–Kier alpha value is -2.41. The van der Waals surface area contributed by atoms with E-state index in [1.54, 1.807) is 0 Å². The molecule has 0 fully saturated rings. The van der Waals surface area contributed by atoms with E-state index in [1.165, 1.54) is 24.4 Å². The number of hydrazine groups is 1. The highest BCUT2D eigenvalue weighted by molar-refractivity contribution is 6.06. The van der Waals surface area contributed by atoms with Gasteiger partial charge in [-0.15, -0.1) is 0 Å². The lowest BCUT2D eigenvalue weighted by atomic mass is 10.1. The van der Waals surface area contributed by atoms with Crippen LogP contribution in [-0.4, -0.2) is 15.8 Å². The molecule has 7 nitrogen and oxygen atoms in total. The molecule has 0 saturated heterocycles. The second-order valence-corrected chi connectivity index (χ2v) is 3.16. The Morgan fingerprint density at radius 3 is 2.88 bits per heavy atom. The summed E-state index contributed by atoms with van der Waals surface area (Å²) in [4.78, 5) is 24.1. The Balaban J connectivity index is 2.59. The number of nitrogens with zero attached hydrogens (tertiary/aromatic N) is 1. The molecule has 1 amide bonds. The fourth-order valence-corrected chi connectivity index (χ4v) is 1.49. The third-order valence-electron chi connectivity index (χ3n) is 2.25. The van der Waals surface area contributed by atoms with Crippen LogP contribution in [0, 0.1) is 10.1 Å². The van der Waals surface area contributed by atoms with Gasteiger partial charge in [0.15, 0.2) is 0 Å². The summed E-state index contributed by atoms with van der Waals surface area (Å²) in [6, 6.07) is 4.21. The van der Waals surface area contributed by atoms with E-state index in [2.05, 4.69) is 4.98 Å². The predicted molar refractivity (Wildman–Crippen MR) is 56.6 cm³/mol. The minimum Gasteiger partial charge on any atom is -0.360 e. The number of H-pyrrole nitrogens is 1. The quantitative estimate of drug-likeness (QED) is 0.299. The van der Waals surface area contributed by atoms with Crippen LogP contribution in [0.25, 0.3) is 10.9 Å². The molecule has 0 atom stereocenters. The number of hydrogen-bond donors (Lipinski definition) is 3. The zero-order valence-corrected chi connectivity index (χ0v) is 8.06. The van der Waals surface area contributed by atoms with Crippen molar-refractivity contribution in [3.8, 4) is 0 Å². The van der Waals surface area contributed by atoms with Crippen LogP contribution in [0.3, 0.4) is 0 Å². The number of nitrogen functional groups attached to an aromatic ring is 1. The van der Waals surface area contributed by atoms with Gasteiger partial charge in [0.2, 0.25) is 0 Å². The van der Waals surface area contributed by atoms with E-state index < -0.39 is 10.8 Å². The zero-order valence-electron chi connectivity index (χ0n) is 8.06. The fourth-order valence-electron chi connectivity index (χ4n) is 1.49. The molecule has 4 N–H and O–H groups in total. The number of benzene rings is 1. The van der Waals surface area contributed by atoms with Gasteiger partial charge in [-0.05, 0) is 6.07 Å². The minimum absolute atomic E-state index is 0.0333. The first-order valence-electron chi connectivity index (χ1n) is 4.40. The molecule has 82 valence electrons. The smallest absolute Gasteiger partial charge is 0.271 e. The Labute approximate surface area is 89.4 Å². The van der Waals surface area contributed by atoms with Gasteiger partial charge in [0.25, 0.3) is 11.6 Å². The van der Waals surface area contributed by atoms with Crippen LogP contribution in [0.1, 0.15) is 10.4 Å². The van der Waals surface area contributed by atoms with Gasteiger partial charge in [-0.3, -0.25) is 20.3 Å². The predicted octanol–water partition coefficient (Wildman–Crippen LogP) is 0.680. The number of carbonyl (C=O) groups excluding carboxylic acids is 1. The molecule has 1 aromatic heterocycles. The molecule has 2 aromatic rings. The second kappa shape index (κ2) is 3.63. The van der Waals surface area contributed by atoms with Crippen molar-refractivity contribution >= 4 is 22.5 Å². The number of nitrogens with two attached hydrogens (primary N) is 1. The Morgan fingerprint density at radius 1 is 1.50 bits per heavy atom. The minimum atomic E-state index is -0.497. The molecule has 0 spiro atoms. The number of aromatic nitrogens is 1. The summed E-state index contributed by atoms with van der Waals surface area (Å²) in [5.41, 5.74) is 2.85. The van der Waals surface area contributed by atoms with Gasteiger partial charge in [-0.25, -0.2) is 5.84 Å². The maximum atomic E-state index is 11.3. The SMILES string of the molecule is NNC(=O)c1c[nH]c2cc([N+](=O)[O-])ccc12. The largest absolute Gasteiger partial charge is 0.360 e. The normalized spacial score (nSPS) is 10.3. The van der Waals surface area contributed by atoms with E-state index in [0.29, 0.717) is 16.5 Å². The van der Waals surface area contributed by atoms with Crippen molar-refractivity contribution in [3.05, 3.63) is 40.1 Å². The molecular weight excluding hydrogens is 212 g/mol. The van der Waals surface area contributed by atoms with E-state index in [1.807, 2.05) is 5.43 Å². The van der Waals surface area contributed by atoms with E-state index >= 15 is 0 Å². The maximum absolute atomic E-state index is 11.3. The van der Waals surface area contributed by atoms with Crippen molar-refractivity contribution in [2.24, 2.45) is 5.84 Å². The fraction of sp³-hybridized carbons (Fsp3) is 0. The molecule has 0 aliphatic heterocycles. The molecule has 0 radical (unpaired) electrons. The average Bonchev–Trinajstić information content (AvgIpc) is 2.70. The van der Waals surface area contributed by atoms with Crippen molar-refractivity contribution in [2.45, 2.75) is 0 Å². The monoisotopic (exact) mass is 220 g/mol. The van der Waals surface area contributed by atoms with Crippen molar-refractivity contribution < 1.29 is 9.72 Å².